The van der Waals surface area contributed by atoms with Crippen LogP contribution in [0.3, 0.4) is 0 Å². The molecule has 1 rings (SSSR count). The lowest BCUT2D eigenvalue weighted by atomic mass is 10.1. The van der Waals surface area contributed by atoms with Gasteiger partial charge in [0.05, 0.1) is 17.3 Å². The second-order valence-electron chi connectivity index (χ2n) is 4.92. The fraction of sp³-hybridized carbons (Fsp3) is 0.571. The Balaban J connectivity index is 2.79. The van der Waals surface area contributed by atoms with Gasteiger partial charge in [-0.15, -0.1) is 0 Å². The minimum atomic E-state index is 0.126. The van der Waals surface area contributed by atoms with Crippen LogP contribution in [0.2, 0.25) is 5.02 Å². The highest BCUT2D eigenvalue weighted by molar-refractivity contribution is 6.33. The van der Waals surface area contributed by atoms with Crippen molar-refractivity contribution < 1.29 is 5.11 Å². The molecule has 0 saturated heterocycles. The van der Waals surface area contributed by atoms with Crippen molar-refractivity contribution in [1.29, 1.82) is 0 Å². The second-order valence-corrected chi connectivity index (χ2v) is 5.32. The van der Waals surface area contributed by atoms with Gasteiger partial charge in [-0.1, -0.05) is 37.6 Å². The Hall–Kier alpha value is -0.770. The van der Waals surface area contributed by atoms with Gasteiger partial charge in [-0.25, -0.2) is 0 Å². The second kappa shape index (κ2) is 7.62. The van der Waals surface area contributed by atoms with Crippen LogP contribution in [0, 0.1) is 5.92 Å². The lowest BCUT2D eigenvalue weighted by Crippen LogP contribution is -2.25. The fourth-order valence-electron chi connectivity index (χ4n) is 1.89. The maximum absolute atomic E-state index is 9.03. The molecule has 0 saturated carbocycles. The molecular weight excluding hydrogens is 248 g/mol. The van der Waals surface area contributed by atoms with E-state index in [4.69, 9.17) is 16.7 Å². The molecule has 0 amide bonds. The summed E-state index contributed by atoms with van der Waals surface area (Å²) in [6, 6.07) is 5.92. The maximum Gasteiger partial charge on any atom is 0.0642 e. The van der Waals surface area contributed by atoms with Crippen LogP contribution in [-0.4, -0.2) is 31.9 Å². The number of nitrogens with one attached hydrogen (secondary N) is 1. The minimum absolute atomic E-state index is 0.126. The van der Waals surface area contributed by atoms with Gasteiger partial charge in [-0.05, 0) is 24.1 Å². The molecule has 1 aromatic rings. The Bertz CT molecular complexity index is 369. The van der Waals surface area contributed by atoms with E-state index in [1.54, 1.807) is 0 Å². The Morgan fingerprint density at radius 3 is 2.72 bits per heavy atom. The van der Waals surface area contributed by atoms with Crippen LogP contribution in [0.1, 0.15) is 19.4 Å². The molecule has 0 radical (unpaired) electrons. The van der Waals surface area contributed by atoms with E-state index in [0.29, 0.717) is 12.5 Å². The first-order valence-electron chi connectivity index (χ1n) is 6.36. The van der Waals surface area contributed by atoms with Crippen LogP contribution in [0.15, 0.2) is 18.2 Å². The zero-order valence-electron chi connectivity index (χ0n) is 11.4. The predicted octanol–water partition coefficient (Wildman–Crippen LogP) is 2.51. The molecule has 0 aliphatic rings. The van der Waals surface area contributed by atoms with E-state index in [2.05, 4.69) is 25.2 Å². The molecule has 0 bridgehead atoms. The molecule has 18 heavy (non-hydrogen) atoms. The topological polar surface area (TPSA) is 35.5 Å². The lowest BCUT2D eigenvalue weighted by molar-refractivity contribution is 0.304. The van der Waals surface area contributed by atoms with Crippen LogP contribution >= 0.6 is 11.6 Å². The molecular formula is C14H23ClN2O. The molecule has 0 aliphatic heterocycles. The monoisotopic (exact) mass is 270 g/mol. The number of para-hydroxylation sites is 1. The van der Waals surface area contributed by atoms with E-state index >= 15 is 0 Å². The third-order valence-corrected chi connectivity index (χ3v) is 3.06. The van der Waals surface area contributed by atoms with Gasteiger partial charge < -0.3 is 15.3 Å². The van der Waals surface area contributed by atoms with Crippen LogP contribution in [0.4, 0.5) is 5.69 Å². The molecule has 0 aliphatic carbocycles. The van der Waals surface area contributed by atoms with E-state index in [0.717, 1.165) is 23.8 Å². The molecule has 4 heteroatoms. The zero-order chi connectivity index (χ0) is 13.5. The molecule has 0 spiro atoms. The van der Waals surface area contributed by atoms with E-state index in [9.17, 15) is 0 Å². The number of halogens is 1. The summed E-state index contributed by atoms with van der Waals surface area (Å²) in [4.78, 5) is 1.99. The number of rotatable bonds is 7. The number of nitrogens with zero attached hydrogens (tertiary/aromatic N) is 1. The largest absolute Gasteiger partial charge is 0.395 e. The summed E-state index contributed by atoms with van der Waals surface area (Å²) in [6.07, 6.45) is 0. The van der Waals surface area contributed by atoms with Gasteiger partial charge >= 0.3 is 0 Å². The van der Waals surface area contributed by atoms with Gasteiger partial charge in [0.1, 0.15) is 0 Å². The van der Waals surface area contributed by atoms with Crippen molar-refractivity contribution in [1.82, 2.24) is 5.32 Å². The Labute approximate surface area is 115 Å². The van der Waals surface area contributed by atoms with Gasteiger partial charge in [0.2, 0.25) is 0 Å². The molecule has 0 unspecified atom stereocenters. The van der Waals surface area contributed by atoms with Crippen LogP contribution in [0.5, 0.6) is 0 Å². The number of hydrogen-bond acceptors (Lipinski definition) is 3. The van der Waals surface area contributed by atoms with E-state index in [1.807, 2.05) is 24.1 Å². The molecule has 1 aromatic carbocycles. The first-order chi connectivity index (χ1) is 8.56. The summed E-state index contributed by atoms with van der Waals surface area (Å²) < 4.78 is 0. The Morgan fingerprint density at radius 1 is 1.39 bits per heavy atom. The number of aliphatic hydroxyl groups excluding tert-OH is 1. The maximum atomic E-state index is 9.03. The average Bonchev–Trinajstić information content (AvgIpc) is 2.28. The normalized spacial score (nSPS) is 11.0. The van der Waals surface area contributed by atoms with Gasteiger partial charge in [-0.3, -0.25) is 0 Å². The molecule has 102 valence electrons. The SMILES string of the molecule is CC(C)CNCc1cccc(Cl)c1N(C)CCO. The van der Waals surface area contributed by atoms with E-state index in [-0.39, 0.29) is 6.61 Å². The van der Waals surface area contributed by atoms with E-state index < -0.39 is 0 Å². The highest BCUT2D eigenvalue weighted by Gasteiger charge is 2.11. The van der Waals surface area contributed by atoms with Crippen molar-refractivity contribution in [2.45, 2.75) is 20.4 Å². The summed E-state index contributed by atoms with van der Waals surface area (Å²) in [7, 11) is 1.95. The highest BCUT2D eigenvalue weighted by atomic mass is 35.5. The summed E-state index contributed by atoms with van der Waals surface area (Å²) in [5, 5.41) is 13.2. The van der Waals surface area contributed by atoms with Crippen LogP contribution in [0.25, 0.3) is 0 Å². The summed E-state index contributed by atoms with van der Waals surface area (Å²) in [6.45, 7) is 6.86. The van der Waals surface area contributed by atoms with Gasteiger partial charge in [-0.2, -0.15) is 0 Å². The first-order valence-corrected chi connectivity index (χ1v) is 6.74. The number of benzene rings is 1. The third kappa shape index (κ3) is 4.48. The highest BCUT2D eigenvalue weighted by Crippen LogP contribution is 2.28. The van der Waals surface area contributed by atoms with Gasteiger partial charge in [0.15, 0.2) is 0 Å². The first kappa shape index (κ1) is 15.3. The van der Waals surface area contributed by atoms with Gasteiger partial charge in [0, 0.05) is 20.1 Å². The molecule has 0 fully saturated rings. The molecule has 0 aromatic heterocycles. The number of anilines is 1. The lowest BCUT2D eigenvalue weighted by Gasteiger charge is -2.23. The van der Waals surface area contributed by atoms with Crippen molar-refractivity contribution in [2.24, 2.45) is 5.92 Å². The van der Waals surface area contributed by atoms with Crippen molar-refractivity contribution in [3.8, 4) is 0 Å². The summed E-state index contributed by atoms with van der Waals surface area (Å²) >= 11 is 6.25. The Morgan fingerprint density at radius 2 is 2.11 bits per heavy atom. The van der Waals surface area contributed by atoms with Crippen molar-refractivity contribution in [2.75, 3.05) is 31.6 Å². The van der Waals surface area contributed by atoms with Crippen LogP contribution < -0.4 is 10.2 Å². The number of likely N-dealkylation sites (N-methyl/N-ethyl adjacent to an activating group) is 1. The quantitative estimate of drug-likeness (QED) is 0.799. The van der Waals surface area contributed by atoms with Crippen LogP contribution in [-0.2, 0) is 6.54 Å². The van der Waals surface area contributed by atoms with Crippen molar-refractivity contribution in [3.05, 3.63) is 28.8 Å². The zero-order valence-corrected chi connectivity index (χ0v) is 12.2. The number of hydrogen-bond donors (Lipinski definition) is 2. The van der Waals surface area contributed by atoms with Crippen molar-refractivity contribution >= 4 is 17.3 Å². The molecule has 0 atom stereocenters. The molecule has 0 heterocycles. The average molecular weight is 271 g/mol. The number of aliphatic hydroxyl groups is 1. The van der Waals surface area contributed by atoms with Crippen molar-refractivity contribution in [3.63, 3.8) is 0 Å². The summed E-state index contributed by atoms with van der Waals surface area (Å²) in [5.74, 6) is 0.628. The Kier molecular flexibility index (Phi) is 6.47. The third-order valence-electron chi connectivity index (χ3n) is 2.76. The van der Waals surface area contributed by atoms with E-state index in [1.165, 1.54) is 5.56 Å². The minimum Gasteiger partial charge on any atom is -0.395 e. The fourth-order valence-corrected chi connectivity index (χ4v) is 2.23. The molecule has 2 N–H and O–H groups in total. The standard InChI is InChI=1S/C14H23ClN2O/c1-11(2)9-16-10-12-5-4-6-13(15)14(12)17(3)7-8-18/h4-6,11,16,18H,7-10H2,1-3H3. The predicted molar refractivity (Wildman–Crippen MR) is 78.4 cm³/mol. The van der Waals surface area contributed by atoms with Gasteiger partial charge in [0.25, 0.3) is 0 Å². The smallest absolute Gasteiger partial charge is 0.0642 e. The molecule has 3 nitrogen and oxygen atoms in total. The summed E-state index contributed by atoms with van der Waals surface area (Å²) in [5.41, 5.74) is 2.17.